The maximum Gasteiger partial charge on any atom is 0.341 e. The smallest absolute Gasteiger partial charge is 0.341 e. The molecule has 26 heavy (non-hydrogen) atoms. The van der Waals surface area contributed by atoms with Crippen molar-refractivity contribution in [3.05, 3.63) is 45.8 Å². The highest BCUT2D eigenvalue weighted by molar-refractivity contribution is 7.17. The maximum atomic E-state index is 12.9. The first-order valence-electron chi connectivity index (χ1n) is 8.51. The molecule has 0 saturated carbocycles. The summed E-state index contributed by atoms with van der Waals surface area (Å²) in [6.45, 7) is 0. The molecule has 2 aliphatic rings. The Labute approximate surface area is 154 Å². The molecule has 0 bridgehead atoms. The highest BCUT2D eigenvalue weighted by Crippen LogP contribution is 2.40. The average molecular weight is 370 g/mol. The molecule has 1 aliphatic heterocycles. The molecule has 0 radical (unpaired) electrons. The summed E-state index contributed by atoms with van der Waals surface area (Å²) in [5.74, 6) is -1.48. The van der Waals surface area contributed by atoms with E-state index in [-0.39, 0.29) is 18.2 Å². The van der Waals surface area contributed by atoms with E-state index in [0.29, 0.717) is 16.3 Å². The average Bonchev–Trinajstić information content (AvgIpc) is 3.21. The van der Waals surface area contributed by atoms with E-state index in [2.05, 4.69) is 10.6 Å². The predicted molar refractivity (Wildman–Crippen MR) is 98.7 cm³/mol. The number of para-hydroxylation sites is 1. The number of benzene rings is 1. The Bertz CT molecular complexity index is 918. The zero-order valence-electron chi connectivity index (χ0n) is 14.3. The van der Waals surface area contributed by atoms with Crippen molar-refractivity contribution in [3.63, 3.8) is 0 Å². The molecule has 7 heteroatoms. The van der Waals surface area contributed by atoms with E-state index in [0.717, 1.165) is 35.3 Å². The molecule has 1 aromatic carbocycles. The molecule has 2 heterocycles. The lowest BCUT2D eigenvalue weighted by Crippen LogP contribution is -2.30. The molecule has 1 aromatic heterocycles. The molecule has 1 unspecified atom stereocenters. The van der Waals surface area contributed by atoms with E-state index in [1.807, 2.05) is 18.2 Å². The van der Waals surface area contributed by atoms with E-state index < -0.39 is 11.9 Å². The van der Waals surface area contributed by atoms with E-state index in [1.54, 1.807) is 6.07 Å². The topological polar surface area (TPSA) is 84.5 Å². The van der Waals surface area contributed by atoms with Crippen molar-refractivity contribution in [2.75, 3.05) is 17.7 Å². The lowest BCUT2D eigenvalue weighted by atomic mass is 9.90. The van der Waals surface area contributed by atoms with Crippen molar-refractivity contribution in [3.8, 4) is 0 Å². The van der Waals surface area contributed by atoms with Crippen LogP contribution in [0.1, 0.15) is 45.1 Å². The summed E-state index contributed by atoms with van der Waals surface area (Å²) in [5.41, 5.74) is 2.89. The summed E-state index contributed by atoms with van der Waals surface area (Å²) >= 11 is 1.43. The Hall–Kier alpha value is -2.67. The summed E-state index contributed by atoms with van der Waals surface area (Å²) in [7, 11) is 1.34. The summed E-state index contributed by atoms with van der Waals surface area (Å²) in [6.07, 6.45) is 2.83. The number of amides is 2. The van der Waals surface area contributed by atoms with E-state index >= 15 is 0 Å². The minimum absolute atomic E-state index is 0.0848. The van der Waals surface area contributed by atoms with Crippen molar-refractivity contribution < 1.29 is 19.1 Å². The SMILES string of the molecule is COC(=O)c1c(NC(=O)C2CC(=O)Nc3ccccc32)sc2c1CCC2. The third-order valence-corrected chi connectivity index (χ3v) is 6.07. The Kier molecular flexibility index (Phi) is 4.24. The Morgan fingerprint density at radius 2 is 2.08 bits per heavy atom. The number of methoxy groups -OCH3 is 1. The number of hydrogen-bond donors (Lipinski definition) is 2. The monoisotopic (exact) mass is 370 g/mol. The highest BCUT2D eigenvalue weighted by atomic mass is 32.1. The van der Waals surface area contributed by atoms with E-state index in [1.165, 1.54) is 18.4 Å². The van der Waals surface area contributed by atoms with Crippen LogP contribution in [0.2, 0.25) is 0 Å². The Morgan fingerprint density at radius 1 is 1.27 bits per heavy atom. The molecule has 6 nitrogen and oxygen atoms in total. The zero-order chi connectivity index (χ0) is 18.3. The van der Waals surface area contributed by atoms with Gasteiger partial charge in [-0.1, -0.05) is 18.2 Å². The number of rotatable bonds is 3. The van der Waals surface area contributed by atoms with Crippen molar-refractivity contribution >= 4 is 39.8 Å². The lowest BCUT2D eigenvalue weighted by molar-refractivity contribution is -0.123. The number of carbonyl (C=O) groups is 3. The number of hydrogen-bond acceptors (Lipinski definition) is 5. The summed E-state index contributed by atoms with van der Waals surface area (Å²) in [5, 5.41) is 6.20. The van der Waals surface area contributed by atoms with Gasteiger partial charge in [0.05, 0.1) is 18.6 Å². The van der Waals surface area contributed by atoms with Crippen LogP contribution in [0.25, 0.3) is 0 Å². The lowest BCUT2D eigenvalue weighted by Gasteiger charge is -2.24. The molecule has 4 rings (SSSR count). The summed E-state index contributed by atoms with van der Waals surface area (Å²) in [4.78, 5) is 38.3. The van der Waals surface area contributed by atoms with Crippen LogP contribution in [-0.2, 0) is 27.2 Å². The standard InChI is InChI=1S/C19H18N2O4S/c1-25-19(24)16-11-6-4-8-14(11)26-18(16)21-17(23)12-9-15(22)20-13-7-3-2-5-10(12)13/h2-3,5,7,12H,4,6,8-9H2,1H3,(H,20,22)(H,21,23). The van der Waals surface area contributed by atoms with Gasteiger partial charge in [0.1, 0.15) is 5.00 Å². The fourth-order valence-corrected chi connectivity index (χ4v) is 4.93. The van der Waals surface area contributed by atoms with Crippen LogP contribution in [0.5, 0.6) is 0 Å². The van der Waals surface area contributed by atoms with Gasteiger partial charge in [-0.2, -0.15) is 0 Å². The molecular formula is C19H18N2O4S. The van der Waals surface area contributed by atoms with Gasteiger partial charge in [-0.25, -0.2) is 4.79 Å². The van der Waals surface area contributed by atoms with Crippen LogP contribution in [0.3, 0.4) is 0 Å². The fourth-order valence-electron chi connectivity index (χ4n) is 3.65. The van der Waals surface area contributed by atoms with Crippen molar-refractivity contribution in [2.24, 2.45) is 0 Å². The number of carbonyl (C=O) groups excluding carboxylic acids is 3. The van der Waals surface area contributed by atoms with Gasteiger partial charge in [0.2, 0.25) is 11.8 Å². The Balaban J connectivity index is 1.66. The molecule has 0 saturated heterocycles. The van der Waals surface area contributed by atoms with Crippen LogP contribution in [-0.4, -0.2) is 24.9 Å². The zero-order valence-corrected chi connectivity index (χ0v) is 15.1. The number of ether oxygens (including phenoxy) is 1. The van der Waals surface area contributed by atoms with E-state index in [4.69, 9.17) is 4.74 Å². The number of nitrogens with one attached hydrogen (secondary N) is 2. The third-order valence-electron chi connectivity index (χ3n) is 4.86. The van der Waals surface area contributed by atoms with Crippen LogP contribution in [0.4, 0.5) is 10.7 Å². The van der Waals surface area contributed by atoms with Gasteiger partial charge in [0.15, 0.2) is 0 Å². The molecule has 1 aliphatic carbocycles. The van der Waals surface area contributed by atoms with Crippen LogP contribution >= 0.6 is 11.3 Å². The molecule has 2 amide bonds. The molecule has 2 aromatic rings. The third kappa shape index (κ3) is 2.78. The number of fused-ring (bicyclic) bond motifs is 2. The second-order valence-electron chi connectivity index (χ2n) is 6.43. The summed E-state index contributed by atoms with van der Waals surface area (Å²) in [6, 6.07) is 7.29. The minimum atomic E-state index is -0.581. The van der Waals surface area contributed by atoms with Crippen molar-refractivity contribution in [1.82, 2.24) is 0 Å². The quantitative estimate of drug-likeness (QED) is 0.813. The second-order valence-corrected chi connectivity index (χ2v) is 7.54. The van der Waals surface area contributed by atoms with E-state index in [9.17, 15) is 14.4 Å². The second kappa shape index (κ2) is 6.57. The maximum absolute atomic E-state index is 12.9. The van der Waals surface area contributed by atoms with Gasteiger partial charge < -0.3 is 15.4 Å². The Morgan fingerprint density at radius 3 is 2.88 bits per heavy atom. The van der Waals surface area contributed by atoms with Gasteiger partial charge in [0, 0.05) is 17.0 Å². The molecule has 2 N–H and O–H groups in total. The van der Waals surface area contributed by atoms with Crippen molar-refractivity contribution in [2.45, 2.75) is 31.6 Å². The first-order chi connectivity index (χ1) is 12.6. The molecule has 0 spiro atoms. The molecule has 0 fully saturated rings. The minimum Gasteiger partial charge on any atom is -0.465 e. The number of anilines is 2. The highest BCUT2D eigenvalue weighted by Gasteiger charge is 2.33. The normalized spacial score (nSPS) is 17.9. The first kappa shape index (κ1) is 16.8. The van der Waals surface area contributed by atoms with Gasteiger partial charge in [-0.05, 0) is 36.5 Å². The van der Waals surface area contributed by atoms with Gasteiger partial charge in [0.25, 0.3) is 0 Å². The summed E-state index contributed by atoms with van der Waals surface area (Å²) < 4.78 is 4.91. The number of esters is 1. The van der Waals surface area contributed by atoms with Crippen LogP contribution in [0, 0.1) is 0 Å². The van der Waals surface area contributed by atoms with Gasteiger partial charge >= 0.3 is 5.97 Å². The number of aryl methyl sites for hydroxylation is 1. The van der Waals surface area contributed by atoms with Gasteiger partial charge in [-0.3, -0.25) is 9.59 Å². The largest absolute Gasteiger partial charge is 0.465 e. The van der Waals surface area contributed by atoms with Gasteiger partial charge in [-0.15, -0.1) is 11.3 Å². The first-order valence-corrected chi connectivity index (χ1v) is 9.32. The molecular weight excluding hydrogens is 352 g/mol. The molecule has 134 valence electrons. The number of thiophene rings is 1. The fraction of sp³-hybridized carbons (Fsp3) is 0.316. The van der Waals surface area contributed by atoms with Crippen LogP contribution < -0.4 is 10.6 Å². The molecule has 1 atom stereocenters. The van der Waals surface area contributed by atoms with Crippen molar-refractivity contribution in [1.29, 1.82) is 0 Å². The predicted octanol–water partition coefficient (Wildman–Crippen LogP) is 3.09. The van der Waals surface area contributed by atoms with Crippen LogP contribution in [0.15, 0.2) is 24.3 Å².